The van der Waals surface area contributed by atoms with Gasteiger partial charge in [-0.3, -0.25) is 0 Å². The van der Waals surface area contributed by atoms with Gasteiger partial charge in [0, 0.05) is 24.4 Å². The maximum Gasteiger partial charge on any atom is 0.120 e. The Hall–Kier alpha value is -0.870. The van der Waals surface area contributed by atoms with E-state index in [0.29, 0.717) is 5.92 Å². The quantitative estimate of drug-likeness (QED) is 0.807. The predicted octanol–water partition coefficient (Wildman–Crippen LogP) is 1.33. The van der Waals surface area contributed by atoms with E-state index in [4.69, 9.17) is 0 Å². The van der Waals surface area contributed by atoms with Crippen LogP contribution in [0.5, 0.6) is 0 Å². The molecule has 0 bridgehead atoms. The third-order valence-electron chi connectivity index (χ3n) is 3.25. The first-order chi connectivity index (χ1) is 7.79. The van der Waals surface area contributed by atoms with Crippen LogP contribution in [-0.4, -0.2) is 41.5 Å². The number of nitrogens with zero attached hydrogens (tertiary/aromatic N) is 2. The maximum atomic E-state index is 4.42. The molecular formula is C12H22N4. The zero-order valence-corrected chi connectivity index (χ0v) is 10.3. The Labute approximate surface area is 97.4 Å². The van der Waals surface area contributed by atoms with E-state index in [0.717, 1.165) is 25.5 Å². The number of likely N-dealkylation sites (N-methyl/N-ethyl adjacent to an activating group) is 1. The lowest BCUT2D eigenvalue weighted by Crippen LogP contribution is -2.30. The Morgan fingerprint density at radius 3 is 3.25 bits per heavy atom. The molecular weight excluding hydrogens is 200 g/mol. The molecule has 4 nitrogen and oxygen atoms in total. The smallest absolute Gasteiger partial charge is 0.120 e. The average molecular weight is 222 g/mol. The largest absolute Gasteiger partial charge is 0.345 e. The molecule has 2 N–H and O–H groups in total. The molecule has 1 fully saturated rings. The van der Waals surface area contributed by atoms with Gasteiger partial charge < -0.3 is 15.2 Å². The minimum Gasteiger partial charge on any atom is -0.345 e. The van der Waals surface area contributed by atoms with Crippen molar-refractivity contribution in [1.82, 2.24) is 20.2 Å². The van der Waals surface area contributed by atoms with Gasteiger partial charge >= 0.3 is 0 Å². The summed E-state index contributed by atoms with van der Waals surface area (Å²) in [6.07, 6.45) is 4.59. The predicted molar refractivity (Wildman–Crippen MR) is 65.4 cm³/mol. The molecule has 1 aliphatic rings. The van der Waals surface area contributed by atoms with E-state index in [9.17, 15) is 0 Å². The van der Waals surface area contributed by atoms with Crippen molar-refractivity contribution in [2.24, 2.45) is 0 Å². The van der Waals surface area contributed by atoms with Crippen molar-refractivity contribution in [3.05, 3.63) is 17.7 Å². The molecule has 2 rings (SSSR count). The highest BCUT2D eigenvalue weighted by Crippen LogP contribution is 2.24. The fraction of sp³-hybridized carbons (Fsp3) is 0.750. The highest BCUT2D eigenvalue weighted by molar-refractivity contribution is 5.09. The Morgan fingerprint density at radius 1 is 1.62 bits per heavy atom. The summed E-state index contributed by atoms with van der Waals surface area (Å²) in [6.45, 7) is 6.33. The molecule has 1 atom stereocenters. The second-order valence-electron chi connectivity index (χ2n) is 4.67. The minimum absolute atomic E-state index is 0.640. The van der Waals surface area contributed by atoms with Crippen LogP contribution in [0.25, 0.3) is 0 Å². The lowest BCUT2D eigenvalue weighted by molar-refractivity contribution is 0.248. The summed E-state index contributed by atoms with van der Waals surface area (Å²) in [5, 5.41) is 3.29. The van der Waals surface area contributed by atoms with Gasteiger partial charge in [0.25, 0.3) is 0 Å². The monoisotopic (exact) mass is 222 g/mol. The fourth-order valence-corrected chi connectivity index (χ4v) is 2.34. The third kappa shape index (κ3) is 2.83. The first-order valence-corrected chi connectivity index (χ1v) is 6.22. The van der Waals surface area contributed by atoms with Crippen molar-refractivity contribution < 1.29 is 0 Å². The van der Waals surface area contributed by atoms with Gasteiger partial charge in [-0.1, -0.05) is 6.92 Å². The summed E-state index contributed by atoms with van der Waals surface area (Å²) in [5.74, 6) is 1.70. The van der Waals surface area contributed by atoms with Gasteiger partial charge in [-0.25, -0.2) is 4.98 Å². The number of likely N-dealkylation sites (tertiary alicyclic amines) is 1. The Kier molecular flexibility index (Phi) is 3.96. The van der Waals surface area contributed by atoms with Gasteiger partial charge in [-0.15, -0.1) is 0 Å². The Bertz CT molecular complexity index is 321. The number of rotatable bonds is 4. The van der Waals surface area contributed by atoms with Crippen LogP contribution in [0.2, 0.25) is 0 Å². The van der Waals surface area contributed by atoms with E-state index in [-0.39, 0.29) is 0 Å². The van der Waals surface area contributed by atoms with Crippen LogP contribution < -0.4 is 5.32 Å². The molecule has 1 unspecified atom stereocenters. The van der Waals surface area contributed by atoms with Crippen LogP contribution in [0.15, 0.2) is 6.20 Å². The van der Waals surface area contributed by atoms with E-state index >= 15 is 0 Å². The summed E-state index contributed by atoms with van der Waals surface area (Å²) in [6, 6.07) is 0. The van der Waals surface area contributed by atoms with E-state index in [1.807, 2.05) is 6.20 Å². The third-order valence-corrected chi connectivity index (χ3v) is 3.25. The van der Waals surface area contributed by atoms with Gasteiger partial charge in [-0.05, 0) is 33.0 Å². The SMILES string of the molecule is CCNCc1ncc(C2CCCN(C)C2)[nH]1. The number of H-pyrrole nitrogens is 1. The Balaban J connectivity index is 1.95. The number of nitrogens with one attached hydrogen (secondary N) is 2. The summed E-state index contributed by atoms with van der Waals surface area (Å²) >= 11 is 0. The molecule has 0 aromatic carbocycles. The highest BCUT2D eigenvalue weighted by atomic mass is 15.1. The molecule has 0 spiro atoms. The summed E-state index contributed by atoms with van der Waals surface area (Å²) in [5.41, 5.74) is 1.31. The first-order valence-electron chi connectivity index (χ1n) is 6.22. The van der Waals surface area contributed by atoms with Crippen LogP contribution in [0.3, 0.4) is 0 Å². The number of piperidine rings is 1. The minimum atomic E-state index is 0.640. The number of aromatic amines is 1. The van der Waals surface area contributed by atoms with E-state index < -0.39 is 0 Å². The molecule has 0 aliphatic carbocycles. The van der Waals surface area contributed by atoms with Crippen LogP contribution >= 0.6 is 0 Å². The lowest BCUT2D eigenvalue weighted by atomic mass is 9.96. The van der Waals surface area contributed by atoms with Crippen LogP contribution in [0.4, 0.5) is 0 Å². The van der Waals surface area contributed by atoms with E-state index in [1.165, 1.54) is 25.1 Å². The molecule has 1 aliphatic heterocycles. The van der Waals surface area contributed by atoms with Crippen molar-refractivity contribution >= 4 is 0 Å². The van der Waals surface area contributed by atoms with E-state index in [2.05, 4.69) is 34.2 Å². The zero-order valence-electron chi connectivity index (χ0n) is 10.3. The van der Waals surface area contributed by atoms with Gasteiger partial charge in [0.05, 0.1) is 6.54 Å². The van der Waals surface area contributed by atoms with Crippen molar-refractivity contribution in [2.75, 3.05) is 26.7 Å². The zero-order chi connectivity index (χ0) is 11.4. The van der Waals surface area contributed by atoms with E-state index in [1.54, 1.807) is 0 Å². The van der Waals surface area contributed by atoms with Gasteiger partial charge in [0.2, 0.25) is 0 Å². The van der Waals surface area contributed by atoms with Crippen LogP contribution in [0, 0.1) is 0 Å². The van der Waals surface area contributed by atoms with Gasteiger partial charge in [0.1, 0.15) is 5.82 Å². The molecule has 0 saturated carbocycles. The number of hydrogen-bond acceptors (Lipinski definition) is 3. The van der Waals surface area contributed by atoms with Gasteiger partial charge in [0.15, 0.2) is 0 Å². The molecule has 90 valence electrons. The second kappa shape index (κ2) is 5.46. The molecule has 2 heterocycles. The fourth-order valence-electron chi connectivity index (χ4n) is 2.34. The average Bonchev–Trinajstić information content (AvgIpc) is 2.75. The van der Waals surface area contributed by atoms with Gasteiger partial charge in [-0.2, -0.15) is 0 Å². The number of aromatic nitrogens is 2. The molecule has 16 heavy (non-hydrogen) atoms. The van der Waals surface area contributed by atoms with Crippen molar-refractivity contribution in [3.63, 3.8) is 0 Å². The molecule has 1 aromatic rings. The van der Waals surface area contributed by atoms with Crippen molar-refractivity contribution in [2.45, 2.75) is 32.2 Å². The summed E-state index contributed by atoms with van der Waals surface area (Å²) < 4.78 is 0. The summed E-state index contributed by atoms with van der Waals surface area (Å²) in [4.78, 5) is 10.3. The lowest BCUT2D eigenvalue weighted by Gasteiger charge is -2.28. The molecule has 4 heteroatoms. The van der Waals surface area contributed by atoms with Crippen LogP contribution in [-0.2, 0) is 6.54 Å². The summed E-state index contributed by atoms with van der Waals surface area (Å²) in [7, 11) is 2.20. The normalized spacial score (nSPS) is 22.5. The highest BCUT2D eigenvalue weighted by Gasteiger charge is 2.20. The first kappa shape index (κ1) is 11.6. The molecule has 1 saturated heterocycles. The maximum absolute atomic E-state index is 4.42. The second-order valence-corrected chi connectivity index (χ2v) is 4.67. The standard InChI is InChI=1S/C12H22N4/c1-3-13-8-12-14-7-11(15-12)10-5-4-6-16(2)9-10/h7,10,13H,3-6,8-9H2,1-2H3,(H,14,15). The molecule has 1 aromatic heterocycles. The number of hydrogen-bond donors (Lipinski definition) is 2. The topological polar surface area (TPSA) is 44.0 Å². The molecule has 0 amide bonds. The number of imidazole rings is 1. The molecule has 0 radical (unpaired) electrons. The van der Waals surface area contributed by atoms with Crippen LogP contribution in [0.1, 0.15) is 37.2 Å². The Morgan fingerprint density at radius 2 is 2.50 bits per heavy atom. The van der Waals surface area contributed by atoms with Crippen molar-refractivity contribution in [1.29, 1.82) is 0 Å². The van der Waals surface area contributed by atoms with Crippen molar-refractivity contribution in [3.8, 4) is 0 Å².